The van der Waals surface area contributed by atoms with Gasteiger partial charge in [0, 0.05) is 5.69 Å². The lowest BCUT2D eigenvalue weighted by Crippen LogP contribution is -2.42. The van der Waals surface area contributed by atoms with E-state index in [1.807, 2.05) is 0 Å². The molecule has 1 atom stereocenters. The highest BCUT2D eigenvalue weighted by Crippen LogP contribution is 2.14. The van der Waals surface area contributed by atoms with Gasteiger partial charge in [0.25, 0.3) is 5.91 Å². The van der Waals surface area contributed by atoms with Gasteiger partial charge >= 0.3 is 11.9 Å². The summed E-state index contributed by atoms with van der Waals surface area (Å²) in [5.74, 6) is -2.21. The monoisotopic (exact) mass is 448 g/mol. The van der Waals surface area contributed by atoms with Crippen LogP contribution in [0.25, 0.3) is 0 Å². The lowest BCUT2D eigenvalue weighted by Gasteiger charge is -2.22. The van der Waals surface area contributed by atoms with E-state index in [0.717, 1.165) is 4.90 Å². The second-order valence-corrected chi connectivity index (χ2v) is 8.10. The van der Waals surface area contributed by atoms with Crippen LogP contribution < -0.4 is 9.62 Å². The van der Waals surface area contributed by atoms with Gasteiger partial charge in [0.2, 0.25) is 10.0 Å². The Morgan fingerprint density at radius 2 is 1.55 bits per heavy atom. The van der Waals surface area contributed by atoms with Crippen LogP contribution in [0.4, 0.5) is 5.69 Å². The zero-order valence-electron chi connectivity index (χ0n) is 17.2. The normalized spacial score (nSPS) is 11.9. The topological polar surface area (TPSA) is 119 Å². The number of sulfonamides is 1. The zero-order chi connectivity index (χ0) is 22.9. The number of hydrogen-bond donors (Lipinski definition) is 1. The number of benzene rings is 2. The highest BCUT2D eigenvalue weighted by atomic mass is 32.2. The fourth-order valence-corrected chi connectivity index (χ4v) is 3.76. The highest BCUT2D eigenvalue weighted by Gasteiger charge is 2.25. The van der Waals surface area contributed by atoms with E-state index in [1.54, 1.807) is 55.5 Å². The van der Waals surface area contributed by atoms with E-state index >= 15 is 0 Å². The number of carbonyl (C=O) groups excluding carboxylic acids is 3. The van der Waals surface area contributed by atoms with Gasteiger partial charge in [-0.3, -0.25) is 19.3 Å². The Labute approximate surface area is 181 Å². The number of anilines is 1. The number of hydrogen-bond acceptors (Lipinski definition) is 7. The maximum Gasteiger partial charge on any atom is 0.326 e. The molecule has 0 bridgehead atoms. The van der Waals surface area contributed by atoms with Crippen LogP contribution in [0.15, 0.2) is 65.6 Å². The van der Waals surface area contributed by atoms with Crippen molar-refractivity contribution in [1.82, 2.24) is 4.72 Å². The van der Waals surface area contributed by atoms with E-state index < -0.39 is 40.5 Å². The van der Waals surface area contributed by atoms with Gasteiger partial charge in [0.15, 0.2) is 6.61 Å². The van der Waals surface area contributed by atoms with Crippen LogP contribution in [0, 0.1) is 0 Å². The van der Waals surface area contributed by atoms with Crippen molar-refractivity contribution in [1.29, 1.82) is 0 Å². The Balaban J connectivity index is 2.00. The maximum absolute atomic E-state index is 12.6. The van der Waals surface area contributed by atoms with Gasteiger partial charge in [-0.15, -0.1) is 0 Å². The minimum absolute atomic E-state index is 0.00424. The van der Waals surface area contributed by atoms with E-state index in [9.17, 15) is 22.8 Å². The van der Waals surface area contributed by atoms with Crippen molar-refractivity contribution in [3.05, 3.63) is 60.7 Å². The second-order valence-electron chi connectivity index (χ2n) is 6.38. The molecule has 0 aliphatic heterocycles. The minimum atomic E-state index is -3.93. The number of esters is 2. The molecule has 0 heterocycles. The number of rotatable bonds is 10. The molecule has 166 valence electrons. The summed E-state index contributed by atoms with van der Waals surface area (Å²) < 4.78 is 36.7. The average molecular weight is 448 g/mol. The first kappa shape index (κ1) is 24.0. The largest absolute Gasteiger partial charge is 0.465 e. The van der Waals surface area contributed by atoms with Crippen LogP contribution in [-0.4, -0.2) is 52.1 Å². The summed E-state index contributed by atoms with van der Waals surface area (Å²) in [7, 11) is -3.93. The van der Waals surface area contributed by atoms with Crippen LogP contribution in [-0.2, 0) is 33.9 Å². The molecule has 0 spiro atoms. The zero-order valence-corrected chi connectivity index (χ0v) is 18.0. The van der Waals surface area contributed by atoms with E-state index in [0.29, 0.717) is 5.69 Å². The molecule has 0 saturated carbocycles. The quantitative estimate of drug-likeness (QED) is 0.547. The highest BCUT2D eigenvalue weighted by molar-refractivity contribution is 7.89. The predicted octanol–water partition coefficient (Wildman–Crippen LogP) is 1.49. The maximum atomic E-state index is 12.6. The SMILES string of the molecule is CCOC(=O)CN(C(=O)COC(=O)C(C)NS(=O)(=O)c1ccccc1)c1ccccc1. The van der Waals surface area contributed by atoms with Crippen LogP contribution in [0.5, 0.6) is 0 Å². The Kier molecular flexibility index (Phi) is 8.71. The fraction of sp³-hybridized carbons (Fsp3) is 0.286. The van der Waals surface area contributed by atoms with E-state index in [1.165, 1.54) is 19.1 Å². The van der Waals surface area contributed by atoms with E-state index in [4.69, 9.17) is 9.47 Å². The van der Waals surface area contributed by atoms with Gasteiger partial charge in [-0.05, 0) is 38.1 Å². The molecule has 10 heteroatoms. The van der Waals surface area contributed by atoms with Gasteiger partial charge < -0.3 is 9.47 Å². The third kappa shape index (κ3) is 7.19. The first-order chi connectivity index (χ1) is 14.7. The summed E-state index contributed by atoms with van der Waals surface area (Å²) in [4.78, 5) is 37.8. The van der Waals surface area contributed by atoms with Gasteiger partial charge in [0.1, 0.15) is 12.6 Å². The summed E-state index contributed by atoms with van der Waals surface area (Å²) in [5.41, 5.74) is 0.425. The summed E-state index contributed by atoms with van der Waals surface area (Å²) in [5, 5.41) is 0. The predicted molar refractivity (Wildman–Crippen MR) is 113 cm³/mol. The molecular formula is C21H24N2O7S. The first-order valence-electron chi connectivity index (χ1n) is 9.49. The molecule has 0 saturated heterocycles. The van der Waals surface area contributed by atoms with Crippen LogP contribution in [0.3, 0.4) is 0 Å². The number of amides is 1. The molecule has 1 N–H and O–H groups in total. The Morgan fingerprint density at radius 3 is 2.13 bits per heavy atom. The molecule has 0 aliphatic carbocycles. The molecule has 1 unspecified atom stereocenters. The number of carbonyl (C=O) groups is 3. The molecule has 0 radical (unpaired) electrons. The molecule has 2 aromatic rings. The van der Waals surface area contributed by atoms with Gasteiger partial charge in [-0.2, -0.15) is 4.72 Å². The van der Waals surface area contributed by atoms with Crippen LogP contribution >= 0.6 is 0 Å². The lowest BCUT2D eigenvalue weighted by atomic mass is 10.3. The lowest BCUT2D eigenvalue weighted by molar-refractivity contribution is -0.149. The molecule has 0 fully saturated rings. The molecule has 31 heavy (non-hydrogen) atoms. The van der Waals surface area contributed by atoms with Crippen molar-refractivity contribution in [2.45, 2.75) is 24.8 Å². The molecule has 0 aromatic heterocycles. The summed E-state index contributed by atoms with van der Waals surface area (Å²) >= 11 is 0. The minimum Gasteiger partial charge on any atom is -0.465 e. The number of ether oxygens (including phenoxy) is 2. The summed E-state index contributed by atoms with van der Waals surface area (Å²) in [6.07, 6.45) is 0. The fourth-order valence-electron chi connectivity index (χ4n) is 2.55. The Hall–Kier alpha value is -3.24. The third-order valence-corrected chi connectivity index (χ3v) is 5.59. The van der Waals surface area contributed by atoms with E-state index in [2.05, 4.69) is 4.72 Å². The molecule has 2 aromatic carbocycles. The second kappa shape index (κ2) is 11.2. The van der Waals surface area contributed by atoms with Crippen molar-refractivity contribution in [2.24, 2.45) is 0 Å². The standard InChI is InChI=1S/C21H24N2O7S/c1-3-29-20(25)14-23(17-10-6-4-7-11-17)19(24)15-30-21(26)16(2)22-31(27,28)18-12-8-5-9-13-18/h4-13,16,22H,3,14-15H2,1-2H3. The van der Waals surface area contributed by atoms with Gasteiger partial charge in [-0.25, -0.2) is 8.42 Å². The van der Waals surface area contributed by atoms with E-state index in [-0.39, 0.29) is 18.0 Å². The first-order valence-corrected chi connectivity index (χ1v) is 11.0. The van der Waals surface area contributed by atoms with Crippen LogP contribution in [0.1, 0.15) is 13.8 Å². The number of nitrogens with one attached hydrogen (secondary N) is 1. The smallest absolute Gasteiger partial charge is 0.326 e. The van der Waals surface area contributed by atoms with Crippen molar-refractivity contribution in [2.75, 3.05) is 24.7 Å². The van der Waals surface area contributed by atoms with Gasteiger partial charge in [-0.1, -0.05) is 36.4 Å². The summed E-state index contributed by atoms with van der Waals surface area (Å²) in [6, 6.07) is 14.7. The van der Waals surface area contributed by atoms with Crippen molar-refractivity contribution >= 4 is 33.6 Å². The van der Waals surface area contributed by atoms with Crippen molar-refractivity contribution < 1.29 is 32.3 Å². The molecule has 9 nitrogen and oxygen atoms in total. The Morgan fingerprint density at radius 1 is 0.968 bits per heavy atom. The summed E-state index contributed by atoms with van der Waals surface area (Å²) in [6.45, 7) is 2.08. The average Bonchev–Trinajstić information content (AvgIpc) is 2.76. The molecule has 0 aliphatic rings. The van der Waals surface area contributed by atoms with Crippen molar-refractivity contribution in [3.8, 4) is 0 Å². The van der Waals surface area contributed by atoms with Crippen molar-refractivity contribution in [3.63, 3.8) is 0 Å². The number of para-hydroxylation sites is 1. The Bertz CT molecular complexity index is 995. The molecule has 2 rings (SSSR count). The molecular weight excluding hydrogens is 424 g/mol. The molecule has 1 amide bonds. The van der Waals surface area contributed by atoms with Crippen LogP contribution in [0.2, 0.25) is 0 Å². The third-order valence-electron chi connectivity index (χ3n) is 4.04. The van der Waals surface area contributed by atoms with Gasteiger partial charge in [0.05, 0.1) is 11.5 Å². The number of nitrogens with zero attached hydrogens (tertiary/aromatic N) is 1.